The lowest BCUT2D eigenvalue weighted by atomic mass is 9.88. The summed E-state index contributed by atoms with van der Waals surface area (Å²) >= 11 is 0. The number of aliphatic hydroxyl groups excluding tert-OH is 1. The number of nitrogens with one attached hydrogen (secondary N) is 1. The second kappa shape index (κ2) is 7.50. The Morgan fingerprint density at radius 2 is 2.13 bits per heavy atom. The highest BCUT2D eigenvalue weighted by atomic mass is 16.6. The van der Waals surface area contributed by atoms with E-state index < -0.39 is 11.7 Å². The number of alkyl carbamates (subject to hydrolysis) is 1. The molecular formula is C17H29N3O3. The molecule has 0 aromatic carbocycles. The smallest absolute Gasteiger partial charge is 0.407 e. The van der Waals surface area contributed by atoms with E-state index in [9.17, 15) is 9.90 Å². The number of nitrogens with zero attached hydrogens (tertiary/aromatic N) is 2. The number of rotatable bonds is 5. The molecule has 130 valence electrons. The van der Waals surface area contributed by atoms with Gasteiger partial charge in [-0.2, -0.15) is 5.26 Å². The highest BCUT2D eigenvalue weighted by Gasteiger charge is 2.35. The molecule has 0 radical (unpaired) electrons. The highest BCUT2D eigenvalue weighted by molar-refractivity contribution is 5.68. The highest BCUT2D eigenvalue weighted by Crippen LogP contribution is 2.36. The van der Waals surface area contributed by atoms with Crippen LogP contribution in [-0.2, 0) is 4.74 Å². The number of piperidine rings is 1. The SMILES string of the molecule is CC(C)(C)OC(=O)NC1CC(CC(O)C2CC2)CN(CC#N)C1. The first-order valence-electron chi connectivity index (χ1n) is 8.53. The van der Waals surface area contributed by atoms with Crippen molar-refractivity contribution in [2.24, 2.45) is 11.8 Å². The van der Waals surface area contributed by atoms with Crippen LogP contribution < -0.4 is 5.32 Å². The molecule has 0 spiro atoms. The zero-order chi connectivity index (χ0) is 17.0. The van der Waals surface area contributed by atoms with E-state index in [0.717, 1.165) is 32.2 Å². The van der Waals surface area contributed by atoms with Crippen LogP contribution in [-0.4, -0.2) is 53.5 Å². The Morgan fingerprint density at radius 3 is 2.70 bits per heavy atom. The van der Waals surface area contributed by atoms with Crippen LogP contribution in [0.3, 0.4) is 0 Å². The van der Waals surface area contributed by atoms with Gasteiger partial charge < -0.3 is 15.2 Å². The van der Waals surface area contributed by atoms with E-state index in [1.54, 1.807) is 0 Å². The average molecular weight is 323 g/mol. The molecule has 0 aromatic heterocycles. The van der Waals surface area contributed by atoms with E-state index in [1.807, 2.05) is 20.8 Å². The normalized spacial score (nSPS) is 27.1. The molecule has 2 rings (SSSR count). The molecule has 2 N–H and O–H groups in total. The largest absolute Gasteiger partial charge is 0.444 e. The first-order valence-corrected chi connectivity index (χ1v) is 8.53. The van der Waals surface area contributed by atoms with Gasteiger partial charge >= 0.3 is 6.09 Å². The van der Waals surface area contributed by atoms with Crippen molar-refractivity contribution in [3.63, 3.8) is 0 Å². The fraction of sp³-hybridized carbons (Fsp3) is 0.882. The van der Waals surface area contributed by atoms with Gasteiger partial charge in [0.25, 0.3) is 0 Å². The molecule has 23 heavy (non-hydrogen) atoms. The second-order valence-corrected chi connectivity index (χ2v) is 7.94. The molecule has 1 saturated carbocycles. The van der Waals surface area contributed by atoms with Crippen LogP contribution >= 0.6 is 0 Å². The van der Waals surface area contributed by atoms with Crippen molar-refractivity contribution in [2.75, 3.05) is 19.6 Å². The summed E-state index contributed by atoms with van der Waals surface area (Å²) in [4.78, 5) is 14.0. The summed E-state index contributed by atoms with van der Waals surface area (Å²) in [6.07, 6.45) is 3.15. The van der Waals surface area contributed by atoms with Crippen LogP contribution in [0.4, 0.5) is 4.79 Å². The number of ether oxygens (including phenoxy) is 1. The molecule has 1 amide bonds. The predicted octanol–water partition coefficient (Wildman–Crippen LogP) is 1.89. The zero-order valence-corrected chi connectivity index (χ0v) is 14.4. The van der Waals surface area contributed by atoms with E-state index in [0.29, 0.717) is 24.9 Å². The first-order chi connectivity index (χ1) is 10.8. The maximum Gasteiger partial charge on any atom is 0.407 e. The van der Waals surface area contributed by atoms with Crippen molar-refractivity contribution in [1.29, 1.82) is 5.26 Å². The number of carbonyl (C=O) groups is 1. The van der Waals surface area contributed by atoms with Gasteiger partial charge in [0.1, 0.15) is 5.60 Å². The molecule has 2 aliphatic rings. The molecule has 0 aromatic rings. The minimum absolute atomic E-state index is 0.0386. The summed E-state index contributed by atoms with van der Waals surface area (Å²) in [5, 5.41) is 22.1. The van der Waals surface area contributed by atoms with Gasteiger partial charge in [0.05, 0.1) is 18.7 Å². The van der Waals surface area contributed by atoms with Gasteiger partial charge in [0.15, 0.2) is 0 Å². The summed E-state index contributed by atoms with van der Waals surface area (Å²) in [6.45, 7) is 7.33. The van der Waals surface area contributed by atoms with Crippen LogP contribution in [0.5, 0.6) is 0 Å². The molecule has 1 heterocycles. The van der Waals surface area contributed by atoms with E-state index in [1.165, 1.54) is 0 Å². The Balaban J connectivity index is 1.89. The topological polar surface area (TPSA) is 85.6 Å². The molecule has 1 aliphatic heterocycles. The Hall–Kier alpha value is -1.32. The lowest BCUT2D eigenvalue weighted by Crippen LogP contribution is -2.52. The standard InChI is InChI=1S/C17H29N3O3/c1-17(2,3)23-16(22)19-14-8-12(9-15(21)13-4-5-13)10-20(11-14)7-6-18/h12-15,21H,4-5,7-11H2,1-3H3,(H,19,22). The van der Waals surface area contributed by atoms with Crippen LogP contribution in [0.2, 0.25) is 0 Å². The molecule has 6 nitrogen and oxygen atoms in total. The Labute approximate surface area is 138 Å². The third kappa shape index (κ3) is 6.36. The van der Waals surface area contributed by atoms with Crippen molar-refractivity contribution in [1.82, 2.24) is 10.2 Å². The number of likely N-dealkylation sites (tertiary alicyclic amines) is 1. The summed E-state index contributed by atoms with van der Waals surface area (Å²) < 4.78 is 5.32. The number of hydrogen-bond acceptors (Lipinski definition) is 5. The predicted molar refractivity (Wildman–Crippen MR) is 86.7 cm³/mol. The Bertz CT molecular complexity index is 451. The molecule has 1 aliphatic carbocycles. The van der Waals surface area contributed by atoms with Gasteiger partial charge in [-0.05, 0) is 58.3 Å². The van der Waals surface area contributed by atoms with Crippen molar-refractivity contribution in [2.45, 2.75) is 64.2 Å². The van der Waals surface area contributed by atoms with Crippen LogP contribution in [0.15, 0.2) is 0 Å². The number of carbonyl (C=O) groups excluding carboxylic acids is 1. The number of hydrogen-bond donors (Lipinski definition) is 2. The monoisotopic (exact) mass is 323 g/mol. The van der Waals surface area contributed by atoms with Gasteiger partial charge in [0.2, 0.25) is 0 Å². The summed E-state index contributed by atoms with van der Waals surface area (Å²) in [5.41, 5.74) is -0.521. The molecule has 2 fully saturated rings. The minimum Gasteiger partial charge on any atom is -0.444 e. The zero-order valence-electron chi connectivity index (χ0n) is 14.4. The lowest BCUT2D eigenvalue weighted by Gasteiger charge is -2.37. The van der Waals surface area contributed by atoms with Gasteiger partial charge in [-0.15, -0.1) is 0 Å². The van der Waals surface area contributed by atoms with E-state index in [4.69, 9.17) is 10.00 Å². The molecule has 1 saturated heterocycles. The fourth-order valence-corrected chi connectivity index (χ4v) is 3.30. The van der Waals surface area contributed by atoms with Crippen molar-refractivity contribution in [3.8, 4) is 6.07 Å². The van der Waals surface area contributed by atoms with E-state index >= 15 is 0 Å². The van der Waals surface area contributed by atoms with Crippen molar-refractivity contribution in [3.05, 3.63) is 0 Å². The van der Waals surface area contributed by atoms with Crippen molar-refractivity contribution >= 4 is 6.09 Å². The van der Waals surface area contributed by atoms with Crippen molar-refractivity contribution < 1.29 is 14.6 Å². The quantitative estimate of drug-likeness (QED) is 0.755. The molecular weight excluding hydrogens is 294 g/mol. The maximum atomic E-state index is 12.0. The third-order valence-corrected chi connectivity index (χ3v) is 4.37. The number of nitriles is 1. The Morgan fingerprint density at radius 1 is 1.43 bits per heavy atom. The lowest BCUT2D eigenvalue weighted by molar-refractivity contribution is 0.0420. The van der Waals surface area contributed by atoms with Crippen LogP contribution in [0.25, 0.3) is 0 Å². The minimum atomic E-state index is -0.521. The fourth-order valence-electron chi connectivity index (χ4n) is 3.30. The molecule has 3 atom stereocenters. The summed E-state index contributed by atoms with van der Waals surface area (Å²) in [5.74, 6) is 0.756. The number of aliphatic hydroxyl groups is 1. The van der Waals surface area contributed by atoms with E-state index in [-0.39, 0.29) is 12.1 Å². The molecule has 6 heteroatoms. The summed E-state index contributed by atoms with van der Waals surface area (Å²) in [6, 6.07) is 2.14. The maximum absolute atomic E-state index is 12.0. The number of amides is 1. The first kappa shape index (κ1) is 18.0. The second-order valence-electron chi connectivity index (χ2n) is 7.94. The van der Waals surface area contributed by atoms with Crippen LogP contribution in [0, 0.1) is 23.2 Å². The van der Waals surface area contributed by atoms with Gasteiger partial charge in [-0.25, -0.2) is 4.79 Å². The molecule has 3 unspecified atom stereocenters. The average Bonchev–Trinajstić information content (AvgIpc) is 3.20. The third-order valence-electron chi connectivity index (χ3n) is 4.37. The summed E-state index contributed by atoms with van der Waals surface area (Å²) in [7, 11) is 0. The van der Waals surface area contributed by atoms with Gasteiger partial charge in [0, 0.05) is 19.1 Å². The van der Waals surface area contributed by atoms with Crippen LogP contribution in [0.1, 0.15) is 46.5 Å². The molecule has 0 bridgehead atoms. The Kier molecular flexibility index (Phi) is 5.88. The van der Waals surface area contributed by atoms with E-state index in [2.05, 4.69) is 16.3 Å². The van der Waals surface area contributed by atoms with Gasteiger partial charge in [-0.3, -0.25) is 4.90 Å². The van der Waals surface area contributed by atoms with Gasteiger partial charge in [-0.1, -0.05) is 0 Å².